The molecule has 0 aromatic rings. The number of amides is 1. The molecule has 0 aromatic heterocycles. The van der Waals surface area contributed by atoms with E-state index in [0.717, 1.165) is 38.5 Å². The normalized spacial score (nSPS) is 14.2. The van der Waals surface area contributed by atoms with Gasteiger partial charge in [-0.2, -0.15) is 8.42 Å². The van der Waals surface area contributed by atoms with Gasteiger partial charge in [0.05, 0.1) is 17.9 Å². The van der Waals surface area contributed by atoms with Crippen LogP contribution in [0.25, 0.3) is 0 Å². The van der Waals surface area contributed by atoms with Gasteiger partial charge >= 0.3 is 0 Å². The average molecular weight is 660 g/mol. The average Bonchev–Trinajstić information content (AvgIpc) is 3.00. The predicted molar refractivity (Wildman–Crippen MR) is 190 cm³/mol. The molecule has 0 aromatic carbocycles. The van der Waals surface area contributed by atoms with Crippen LogP contribution in [0.15, 0.2) is 12.2 Å². The van der Waals surface area contributed by atoms with E-state index in [4.69, 9.17) is 0 Å². The molecule has 0 saturated heterocycles. The summed E-state index contributed by atoms with van der Waals surface area (Å²) < 4.78 is 32.4. The Hall–Kier alpha value is -0.960. The number of carbonyl (C=O) groups is 1. The summed E-state index contributed by atoms with van der Waals surface area (Å²) in [6.07, 6.45) is 34.1. The summed E-state index contributed by atoms with van der Waals surface area (Å²) >= 11 is 0. The summed E-state index contributed by atoms with van der Waals surface area (Å²) in [5.74, 6) is -1.53. The lowest BCUT2D eigenvalue weighted by atomic mass is 10.0. The number of hydrogen-bond donors (Lipinski definition) is 4. The third kappa shape index (κ3) is 31.4. The van der Waals surface area contributed by atoms with Crippen molar-refractivity contribution in [3.8, 4) is 0 Å². The second-order valence-electron chi connectivity index (χ2n) is 13.4. The number of nitrogens with one attached hydrogen (secondary N) is 1. The summed E-state index contributed by atoms with van der Waals surface area (Å²) in [6.45, 7) is 4.49. The first-order chi connectivity index (χ1) is 21.7. The second-order valence-corrected chi connectivity index (χ2v) is 14.9. The molecule has 0 aliphatic carbocycles. The number of aliphatic hydroxyl groups is 2. The van der Waals surface area contributed by atoms with Crippen molar-refractivity contribution < 1.29 is 28.0 Å². The highest BCUT2D eigenvalue weighted by Crippen LogP contribution is 2.15. The van der Waals surface area contributed by atoms with Crippen molar-refractivity contribution in [2.24, 2.45) is 0 Å². The number of carbonyl (C=O) groups excluding carboxylic acids is 1. The van der Waals surface area contributed by atoms with Crippen molar-refractivity contribution in [1.29, 1.82) is 0 Å². The summed E-state index contributed by atoms with van der Waals surface area (Å²) in [5, 5.41) is 23.3. The summed E-state index contributed by atoms with van der Waals surface area (Å²) in [7, 11) is -4.43. The standard InChI is InChI=1S/C37H73NO6S/c1-3-5-7-9-11-13-15-17-18-19-20-22-24-26-28-30-32-36(40)37(41)38-34(33-45(42,43)44)35(39)31-29-27-25-23-21-16-14-12-10-8-6-4-2/h29,31,34-36,39-40H,3-28,30,32-33H2,1-2H3,(H,38,41)(H,42,43,44)/b31-29+. The fourth-order valence-electron chi connectivity index (χ4n) is 5.87. The van der Waals surface area contributed by atoms with Crippen LogP contribution in [0.2, 0.25) is 0 Å². The first kappa shape index (κ1) is 44.0. The van der Waals surface area contributed by atoms with Crippen molar-refractivity contribution in [2.45, 2.75) is 212 Å². The van der Waals surface area contributed by atoms with Crippen molar-refractivity contribution in [2.75, 3.05) is 5.75 Å². The molecule has 7 nitrogen and oxygen atoms in total. The molecule has 0 aliphatic heterocycles. The van der Waals surface area contributed by atoms with E-state index in [9.17, 15) is 28.0 Å². The van der Waals surface area contributed by atoms with Crippen LogP contribution in [0.4, 0.5) is 0 Å². The molecular weight excluding hydrogens is 586 g/mol. The van der Waals surface area contributed by atoms with E-state index in [0.29, 0.717) is 6.42 Å². The van der Waals surface area contributed by atoms with Crippen LogP contribution >= 0.6 is 0 Å². The van der Waals surface area contributed by atoms with Crippen molar-refractivity contribution >= 4 is 16.0 Å². The first-order valence-corrected chi connectivity index (χ1v) is 20.6. The van der Waals surface area contributed by atoms with E-state index in [-0.39, 0.29) is 6.42 Å². The third-order valence-corrected chi connectivity index (χ3v) is 9.60. The molecule has 45 heavy (non-hydrogen) atoms. The molecule has 3 unspecified atom stereocenters. The molecule has 0 spiro atoms. The van der Waals surface area contributed by atoms with Crippen LogP contribution in [-0.4, -0.2) is 53.1 Å². The molecule has 0 fully saturated rings. The van der Waals surface area contributed by atoms with Gasteiger partial charge in [0.15, 0.2) is 0 Å². The van der Waals surface area contributed by atoms with Crippen LogP contribution < -0.4 is 5.32 Å². The van der Waals surface area contributed by atoms with E-state index in [2.05, 4.69) is 19.2 Å². The van der Waals surface area contributed by atoms with Gasteiger partial charge in [0.1, 0.15) is 6.10 Å². The smallest absolute Gasteiger partial charge is 0.267 e. The number of allylic oxidation sites excluding steroid dienone is 1. The lowest BCUT2D eigenvalue weighted by Crippen LogP contribution is -2.50. The van der Waals surface area contributed by atoms with Crippen LogP contribution in [0.5, 0.6) is 0 Å². The number of aliphatic hydroxyl groups excluding tert-OH is 2. The monoisotopic (exact) mass is 660 g/mol. The van der Waals surface area contributed by atoms with Gasteiger partial charge in [-0.1, -0.05) is 187 Å². The van der Waals surface area contributed by atoms with E-state index >= 15 is 0 Å². The van der Waals surface area contributed by atoms with Gasteiger partial charge in [0.2, 0.25) is 5.91 Å². The molecule has 0 rings (SSSR count). The summed E-state index contributed by atoms with van der Waals surface area (Å²) in [5.41, 5.74) is 0. The summed E-state index contributed by atoms with van der Waals surface area (Å²) in [6, 6.07) is -1.23. The van der Waals surface area contributed by atoms with Gasteiger partial charge in [0.25, 0.3) is 10.1 Å². The molecule has 3 atom stereocenters. The van der Waals surface area contributed by atoms with Gasteiger partial charge in [-0.05, 0) is 19.3 Å². The minimum Gasteiger partial charge on any atom is -0.387 e. The highest BCUT2D eigenvalue weighted by atomic mass is 32.2. The molecule has 4 N–H and O–H groups in total. The fourth-order valence-corrected chi connectivity index (χ4v) is 6.60. The van der Waals surface area contributed by atoms with E-state index < -0.39 is 40.0 Å². The van der Waals surface area contributed by atoms with Crippen LogP contribution in [0.1, 0.15) is 194 Å². The topological polar surface area (TPSA) is 124 Å². The predicted octanol–water partition coefficient (Wildman–Crippen LogP) is 9.60. The zero-order valence-corrected chi connectivity index (χ0v) is 30.2. The van der Waals surface area contributed by atoms with Gasteiger partial charge < -0.3 is 15.5 Å². The molecule has 8 heteroatoms. The van der Waals surface area contributed by atoms with Gasteiger partial charge in [-0.25, -0.2) is 0 Å². The molecule has 0 saturated carbocycles. The highest BCUT2D eigenvalue weighted by Gasteiger charge is 2.27. The molecule has 268 valence electrons. The Morgan fingerprint density at radius 2 is 0.956 bits per heavy atom. The zero-order valence-electron chi connectivity index (χ0n) is 29.4. The van der Waals surface area contributed by atoms with Gasteiger partial charge in [0, 0.05) is 0 Å². The second kappa shape index (κ2) is 31.6. The molecule has 0 radical (unpaired) electrons. The Labute approximate surface area is 278 Å². The lowest BCUT2D eigenvalue weighted by Gasteiger charge is -2.22. The lowest BCUT2D eigenvalue weighted by molar-refractivity contribution is -0.130. The molecule has 0 aliphatic rings. The van der Waals surface area contributed by atoms with E-state index in [1.54, 1.807) is 6.08 Å². The molecule has 0 heterocycles. The zero-order chi connectivity index (χ0) is 33.4. The molecular formula is C37H73NO6S. The highest BCUT2D eigenvalue weighted by molar-refractivity contribution is 7.85. The molecule has 0 bridgehead atoms. The number of hydrogen-bond acceptors (Lipinski definition) is 5. The number of unbranched alkanes of at least 4 members (excludes halogenated alkanes) is 25. The van der Waals surface area contributed by atoms with Gasteiger partial charge in [-0.3, -0.25) is 9.35 Å². The SMILES string of the molecule is CCCCCCCCCCCC/C=C/C(O)C(CS(=O)(=O)O)NC(=O)C(O)CCCCCCCCCCCCCCCCCC. The fraction of sp³-hybridized carbons (Fsp3) is 0.919. The van der Waals surface area contributed by atoms with Crippen LogP contribution in [-0.2, 0) is 14.9 Å². The van der Waals surface area contributed by atoms with Crippen molar-refractivity contribution in [3.63, 3.8) is 0 Å². The van der Waals surface area contributed by atoms with Crippen LogP contribution in [0, 0.1) is 0 Å². The van der Waals surface area contributed by atoms with E-state index in [1.165, 1.54) is 134 Å². The van der Waals surface area contributed by atoms with Gasteiger partial charge in [-0.15, -0.1) is 0 Å². The number of rotatable bonds is 34. The third-order valence-electron chi connectivity index (χ3n) is 8.82. The minimum atomic E-state index is -4.43. The minimum absolute atomic E-state index is 0.285. The maximum absolute atomic E-state index is 12.5. The Morgan fingerprint density at radius 1 is 0.600 bits per heavy atom. The Bertz CT molecular complexity index is 788. The van der Waals surface area contributed by atoms with Crippen LogP contribution in [0.3, 0.4) is 0 Å². The largest absolute Gasteiger partial charge is 0.387 e. The maximum atomic E-state index is 12.5. The Morgan fingerprint density at radius 3 is 1.33 bits per heavy atom. The summed E-state index contributed by atoms with van der Waals surface area (Å²) in [4.78, 5) is 12.5. The maximum Gasteiger partial charge on any atom is 0.267 e. The van der Waals surface area contributed by atoms with Crippen molar-refractivity contribution in [1.82, 2.24) is 5.32 Å². The van der Waals surface area contributed by atoms with Crippen molar-refractivity contribution in [3.05, 3.63) is 12.2 Å². The Balaban J connectivity index is 4.05. The Kier molecular flexibility index (Phi) is 31.0. The molecule has 1 amide bonds. The van der Waals surface area contributed by atoms with E-state index in [1.807, 2.05) is 0 Å². The first-order valence-electron chi connectivity index (χ1n) is 19.0. The quantitative estimate of drug-likeness (QED) is 0.0310.